The molecule has 106 valence electrons. The molecule has 1 aromatic carbocycles. The van der Waals surface area contributed by atoms with E-state index in [0.29, 0.717) is 5.56 Å². The van der Waals surface area contributed by atoms with Gasteiger partial charge in [-0.05, 0) is 29.5 Å². The van der Waals surface area contributed by atoms with E-state index in [-0.39, 0.29) is 17.9 Å². The zero-order valence-electron chi connectivity index (χ0n) is 12.4. The van der Waals surface area contributed by atoms with Gasteiger partial charge in [-0.3, -0.25) is 4.79 Å². The van der Waals surface area contributed by atoms with Gasteiger partial charge in [-0.2, -0.15) is 0 Å². The molecule has 0 aliphatic rings. The number of hydrogen-bond donors (Lipinski definition) is 2. The van der Waals surface area contributed by atoms with Crippen molar-refractivity contribution < 1.29 is 9.90 Å². The van der Waals surface area contributed by atoms with Crippen molar-refractivity contribution in [3.63, 3.8) is 0 Å². The van der Waals surface area contributed by atoms with Crippen LogP contribution >= 0.6 is 0 Å². The van der Waals surface area contributed by atoms with Crippen molar-refractivity contribution >= 4 is 5.91 Å². The molecule has 0 fully saturated rings. The summed E-state index contributed by atoms with van der Waals surface area (Å²) in [6.45, 7) is 8.25. The number of rotatable bonds is 5. The van der Waals surface area contributed by atoms with Gasteiger partial charge in [-0.1, -0.05) is 46.2 Å². The molecule has 1 atom stereocenters. The summed E-state index contributed by atoms with van der Waals surface area (Å²) in [5.74, 6) is -0.133. The first kappa shape index (κ1) is 15.7. The molecule has 1 amide bonds. The van der Waals surface area contributed by atoms with Crippen LogP contribution in [-0.2, 0) is 6.42 Å². The van der Waals surface area contributed by atoms with Gasteiger partial charge < -0.3 is 10.4 Å². The predicted octanol–water partition coefficient (Wildman–Crippen LogP) is 2.78. The van der Waals surface area contributed by atoms with Gasteiger partial charge in [0.25, 0.3) is 5.91 Å². The highest BCUT2D eigenvalue weighted by molar-refractivity contribution is 5.94. The van der Waals surface area contributed by atoms with E-state index in [4.69, 9.17) is 0 Å². The molecule has 0 saturated heterocycles. The fourth-order valence-electron chi connectivity index (χ4n) is 1.71. The smallest absolute Gasteiger partial charge is 0.251 e. The van der Waals surface area contributed by atoms with Crippen molar-refractivity contribution in [2.45, 2.75) is 46.6 Å². The van der Waals surface area contributed by atoms with Crippen LogP contribution in [0.4, 0.5) is 0 Å². The van der Waals surface area contributed by atoms with Crippen LogP contribution in [0.3, 0.4) is 0 Å². The number of hydrogen-bond acceptors (Lipinski definition) is 2. The molecule has 1 aromatic rings. The third-order valence-corrected chi connectivity index (χ3v) is 3.21. The first-order chi connectivity index (χ1) is 8.84. The van der Waals surface area contributed by atoms with Crippen molar-refractivity contribution in [1.29, 1.82) is 0 Å². The van der Waals surface area contributed by atoms with Crippen molar-refractivity contribution in [3.8, 4) is 0 Å². The molecule has 0 bridgehead atoms. The number of carbonyl (C=O) groups excluding carboxylic acids is 1. The molecular formula is C16H25NO2. The molecule has 0 aliphatic carbocycles. The minimum absolute atomic E-state index is 0.133. The second-order valence-corrected chi connectivity index (χ2v) is 6.04. The molecule has 0 radical (unpaired) electrons. The van der Waals surface area contributed by atoms with E-state index in [2.05, 4.69) is 12.2 Å². The Morgan fingerprint density at radius 1 is 1.26 bits per heavy atom. The van der Waals surface area contributed by atoms with Crippen LogP contribution in [0.5, 0.6) is 0 Å². The Kier molecular flexibility index (Phi) is 5.55. The summed E-state index contributed by atoms with van der Waals surface area (Å²) >= 11 is 0. The van der Waals surface area contributed by atoms with Crippen LogP contribution in [0.1, 0.15) is 50.0 Å². The van der Waals surface area contributed by atoms with Crippen molar-refractivity contribution in [2.24, 2.45) is 5.41 Å². The van der Waals surface area contributed by atoms with Crippen molar-refractivity contribution in [1.82, 2.24) is 5.32 Å². The molecule has 0 aliphatic heterocycles. The Balaban J connectivity index is 2.54. The minimum Gasteiger partial charge on any atom is -0.391 e. The standard InChI is InChI=1S/C16H25NO2/c1-5-6-12-7-9-13(10-8-12)15(19)17-11-14(18)16(2,3)4/h7-10,14,18H,5-6,11H2,1-4H3,(H,17,19). The maximum absolute atomic E-state index is 11.9. The summed E-state index contributed by atoms with van der Waals surface area (Å²) in [6.07, 6.45) is 1.59. The minimum atomic E-state index is -0.546. The Labute approximate surface area is 116 Å². The molecule has 1 rings (SSSR count). The van der Waals surface area contributed by atoms with E-state index in [9.17, 15) is 9.90 Å². The lowest BCUT2D eigenvalue weighted by Crippen LogP contribution is -2.39. The summed E-state index contributed by atoms with van der Waals surface area (Å²) in [6, 6.07) is 7.64. The van der Waals surface area contributed by atoms with Gasteiger partial charge in [0, 0.05) is 12.1 Å². The SMILES string of the molecule is CCCc1ccc(C(=O)NCC(O)C(C)(C)C)cc1. The van der Waals surface area contributed by atoms with Crippen LogP contribution in [-0.4, -0.2) is 23.7 Å². The molecule has 0 saturated carbocycles. The number of aliphatic hydroxyl groups is 1. The monoisotopic (exact) mass is 263 g/mol. The van der Waals surface area contributed by atoms with Gasteiger partial charge in [0.15, 0.2) is 0 Å². The molecule has 1 unspecified atom stereocenters. The molecule has 3 nitrogen and oxygen atoms in total. The van der Waals surface area contributed by atoms with E-state index in [1.54, 1.807) is 0 Å². The average Bonchev–Trinajstić information content (AvgIpc) is 2.35. The van der Waals surface area contributed by atoms with Gasteiger partial charge in [0.1, 0.15) is 0 Å². The summed E-state index contributed by atoms with van der Waals surface area (Å²) in [7, 11) is 0. The first-order valence-corrected chi connectivity index (χ1v) is 6.89. The fourth-order valence-corrected chi connectivity index (χ4v) is 1.71. The molecular weight excluding hydrogens is 238 g/mol. The lowest BCUT2D eigenvalue weighted by atomic mass is 9.89. The van der Waals surface area contributed by atoms with Crippen LogP contribution in [0, 0.1) is 5.41 Å². The largest absolute Gasteiger partial charge is 0.391 e. The Hall–Kier alpha value is -1.35. The summed E-state index contributed by atoms with van der Waals surface area (Å²) in [5.41, 5.74) is 1.66. The zero-order chi connectivity index (χ0) is 14.5. The number of aryl methyl sites for hydroxylation is 1. The lowest BCUT2D eigenvalue weighted by Gasteiger charge is -2.25. The van der Waals surface area contributed by atoms with E-state index in [1.165, 1.54) is 5.56 Å². The normalized spacial score (nSPS) is 13.1. The maximum Gasteiger partial charge on any atom is 0.251 e. The van der Waals surface area contributed by atoms with Crippen LogP contribution in [0.15, 0.2) is 24.3 Å². The number of aliphatic hydroxyl groups excluding tert-OH is 1. The van der Waals surface area contributed by atoms with E-state index in [1.807, 2.05) is 45.0 Å². The zero-order valence-corrected chi connectivity index (χ0v) is 12.4. The number of nitrogens with one attached hydrogen (secondary N) is 1. The second kappa shape index (κ2) is 6.71. The Morgan fingerprint density at radius 3 is 2.32 bits per heavy atom. The molecule has 2 N–H and O–H groups in total. The topological polar surface area (TPSA) is 49.3 Å². The summed E-state index contributed by atoms with van der Waals surface area (Å²) in [5, 5.41) is 12.6. The van der Waals surface area contributed by atoms with E-state index >= 15 is 0 Å². The molecule has 0 aromatic heterocycles. The third-order valence-electron chi connectivity index (χ3n) is 3.21. The van der Waals surface area contributed by atoms with Crippen LogP contribution in [0.2, 0.25) is 0 Å². The van der Waals surface area contributed by atoms with Crippen LogP contribution in [0.25, 0.3) is 0 Å². The summed E-state index contributed by atoms with van der Waals surface area (Å²) in [4.78, 5) is 11.9. The molecule has 0 spiro atoms. The number of carbonyl (C=O) groups is 1. The highest BCUT2D eigenvalue weighted by atomic mass is 16.3. The first-order valence-electron chi connectivity index (χ1n) is 6.89. The highest BCUT2D eigenvalue weighted by Gasteiger charge is 2.22. The molecule has 19 heavy (non-hydrogen) atoms. The lowest BCUT2D eigenvalue weighted by molar-refractivity contribution is 0.0587. The quantitative estimate of drug-likeness (QED) is 0.858. The fraction of sp³-hybridized carbons (Fsp3) is 0.562. The molecule has 0 heterocycles. The van der Waals surface area contributed by atoms with E-state index in [0.717, 1.165) is 12.8 Å². The van der Waals surface area contributed by atoms with Crippen molar-refractivity contribution in [2.75, 3.05) is 6.54 Å². The Morgan fingerprint density at radius 2 is 1.84 bits per heavy atom. The Bertz CT molecular complexity index is 404. The second-order valence-electron chi connectivity index (χ2n) is 6.04. The molecule has 3 heteroatoms. The van der Waals surface area contributed by atoms with E-state index < -0.39 is 6.10 Å². The van der Waals surface area contributed by atoms with Gasteiger partial charge in [-0.15, -0.1) is 0 Å². The summed E-state index contributed by atoms with van der Waals surface area (Å²) < 4.78 is 0. The number of benzene rings is 1. The van der Waals surface area contributed by atoms with Gasteiger partial charge >= 0.3 is 0 Å². The van der Waals surface area contributed by atoms with Crippen molar-refractivity contribution in [3.05, 3.63) is 35.4 Å². The third kappa shape index (κ3) is 5.03. The van der Waals surface area contributed by atoms with Crippen LogP contribution < -0.4 is 5.32 Å². The van der Waals surface area contributed by atoms with Gasteiger partial charge in [-0.25, -0.2) is 0 Å². The van der Waals surface area contributed by atoms with Gasteiger partial charge in [0.05, 0.1) is 6.10 Å². The van der Waals surface area contributed by atoms with Gasteiger partial charge in [0.2, 0.25) is 0 Å². The average molecular weight is 263 g/mol. The highest BCUT2D eigenvalue weighted by Crippen LogP contribution is 2.18. The predicted molar refractivity (Wildman–Crippen MR) is 78.2 cm³/mol. The number of amides is 1. The maximum atomic E-state index is 11.9.